The number of nitrogens with zero attached hydrogens (tertiary/aromatic N) is 2. The second-order valence-corrected chi connectivity index (χ2v) is 8.10. The van der Waals surface area contributed by atoms with Crippen LogP contribution in [0.3, 0.4) is 0 Å². The number of morpholine rings is 1. The Labute approximate surface area is 180 Å². The molecule has 3 aliphatic rings. The molecular weight excluding hydrogens is 396 g/mol. The molecule has 0 bridgehead atoms. The predicted molar refractivity (Wildman–Crippen MR) is 116 cm³/mol. The standard InChI is InChI=1S/C23H26N4O4/c28-22-20(13-18-11-17(14-24-18)15-26-5-8-30-9-6-26)19-12-16(1-2-21(19)25-22)3-4-27-7-10-31-23(27)29/h1-2,11-14,24H,3-10,15H2,(H,25,28)/b20-13-. The number of cyclic esters (lactones) is 1. The van der Waals surface area contributed by atoms with Gasteiger partial charge in [-0.3, -0.25) is 9.69 Å². The van der Waals surface area contributed by atoms with Gasteiger partial charge in [-0.2, -0.15) is 0 Å². The number of aromatic nitrogens is 1. The summed E-state index contributed by atoms with van der Waals surface area (Å²) in [7, 11) is 0. The number of hydrogen-bond acceptors (Lipinski definition) is 5. The topological polar surface area (TPSA) is 86.9 Å². The van der Waals surface area contributed by atoms with Gasteiger partial charge in [0.15, 0.2) is 0 Å². The monoisotopic (exact) mass is 422 g/mol. The highest BCUT2D eigenvalue weighted by Gasteiger charge is 2.25. The van der Waals surface area contributed by atoms with Crippen molar-refractivity contribution in [1.29, 1.82) is 0 Å². The summed E-state index contributed by atoms with van der Waals surface area (Å²) in [4.78, 5) is 31.6. The number of hydrogen-bond donors (Lipinski definition) is 2. The Morgan fingerprint density at radius 3 is 2.71 bits per heavy atom. The van der Waals surface area contributed by atoms with E-state index < -0.39 is 0 Å². The third-order valence-corrected chi connectivity index (χ3v) is 5.96. The molecule has 1 aromatic carbocycles. The number of ether oxygens (including phenoxy) is 2. The molecule has 8 heteroatoms. The van der Waals surface area contributed by atoms with Crippen molar-refractivity contribution in [3.8, 4) is 0 Å². The number of aromatic amines is 1. The molecular formula is C23H26N4O4. The van der Waals surface area contributed by atoms with E-state index in [9.17, 15) is 9.59 Å². The fourth-order valence-electron chi connectivity index (χ4n) is 4.23. The lowest BCUT2D eigenvalue weighted by atomic mass is 10.0. The molecule has 0 spiro atoms. The second kappa shape index (κ2) is 8.56. The molecule has 2 fully saturated rings. The zero-order chi connectivity index (χ0) is 21.2. The lowest BCUT2D eigenvalue weighted by Gasteiger charge is -2.25. The molecule has 0 saturated carbocycles. The average Bonchev–Trinajstić information content (AvgIpc) is 3.47. The van der Waals surface area contributed by atoms with Gasteiger partial charge in [0.05, 0.1) is 25.3 Å². The minimum atomic E-state index is -0.252. The van der Waals surface area contributed by atoms with Crippen molar-refractivity contribution in [3.05, 3.63) is 52.8 Å². The van der Waals surface area contributed by atoms with Crippen LogP contribution in [0.2, 0.25) is 0 Å². The summed E-state index contributed by atoms with van der Waals surface area (Å²) in [5.74, 6) is -0.0976. The van der Waals surface area contributed by atoms with Gasteiger partial charge in [0, 0.05) is 49.3 Å². The van der Waals surface area contributed by atoms with E-state index >= 15 is 0 Å². The third kappa shape index (κ3) is 4.35. The van der Waals surface area contributed by atoms with Gasteiger partial charge in [-0.1, -0.05) is 6.07 Å². The van der Waals surface area contributed by atoms with Crippen LogP contribution >= 0.6 is 0 Å². The number of carbonyl (C=O) groups is 2. The smallest absolute Gasteiger partial charge is 0.409 e. The number of H-pyrrole nitrogens is 1. The summed E-state index contributed by atoms with van der Waals surface area (Å²) < 4.78 is 10.4. The Hall–Kier alpha value is -3.10. The van der Waals surface area contributed by atoms with Crippen LogP contribution in [-0.2, 0) is 27.2 Å². The van der Waals surface area contributed by atoms with Crippen LogP contribution in [-0.4, -0.2) is 72.8 Å². The van der Waals surface area contributed by atoms with Crippen LogP contribution < -0.4 is 5.32 Å². The minimum Gasteiger partial charge on any atom is -0.448 e. The molecule has 2 N–H and O–H groups in total. The highest BCUT2D eigenvalue weighted by Crippen LogP contribution is 2.34. The Morgan fingerprint density at radius 1 is 1.03 bits per heavy atom. The van der Waals surface area contributed by atoms with Crippen LogP contribution in [0.1, 0.15) is 22.4 Å². The van der Waals surface area contributed by atoms with E-state index in [-0.39, 0.29) is 12.0 Å². The highest BCUT2D eigenvalue weighted by molar-refractivity contribution is 6.34. The van der Waals surface area contributed by atoms with E-state index in [2.05, 4.69) is 21.3 Å². The van der Waals surface area contributed by atoms with Crippen LogP contribution in [0.15, 0.2) is 30.5 Å². The lowest BCUT2D eigenvalue weighted by molar-refractivity contribution is -0.110. The van der Waals surface area contributed by atoms with Gasteiger partial charge in [0.25, 0.3) is 5.91 Å². The Bertz CT molecular complexity index is 1020. The Morgan fingerprint density at radius 2 is 1.90 bits per heavy atom. The average molecular weight is 422 g/mol. The van der Waals surface area contributed by atoms with Crippen molar-refractivity contribution in [2.45, 2.75) is 13.0 Å². The van der Waals surface area contributed by atoms with Gasteiger partial charge >= 0.3 is 6.09 Å². The van der Waals surface area contributed by atoms with Gasteiger partial charge in [-0.05, 0) is 41.8 Å². The lowest BCUT2D eigenvalue weighted by Crippen LogP contribution is -2.35. The van der Waals surface area contributed by atoms with Crippen molar-refractivity contribution < 1.29 is 19.1 Å². The van der Waals surface area contributed by atoms with E-state index in [1.807, 2.05) is 30.5 Å². The largest absolute Gasteiger partial charge is 0.448 e. The maximum atomic E-state index is 12.6. The minimum absolute atomic E-state index is 0.0976. The zero-order valence-electron chi connectivity index (χ0n) is 17.4. The van der Waals surface area contributed by atoms with Crippen LogP contribution in [0, 0.1) is 0 Å². The van der Waals surface area contributed by atoms with Crippen molar-refractivity contribution >= 4 is 29.3 Å². The number of anilines is 1. The first-order valence-corrected chi connectivity index (χ1v) is 10.7. The SMILES string of the molecule is O=C1Nc2ccc(CCN3CCOC3=O)cc2/C1=C/c1cc(CN2CCOCC2)c[nH]1. The maximum absolute atomic E-state index is 12.6. The first-order chi connectivity index (χ1) is 15.2. The quantitative estimate of drug-likeness (QED) is 0.698. The summed E-state index contributed by atoms with van der Waals surface area (Å²) >= 11 is 0. The van der Waals surface area contributed by atoms with E-state index in [4.69, 9.17) is 9.47 Å². The molecule has 0 unspecified atom stereocenters. The molecule has 0 atom stereocenters. The molecule has 4 heterocycles. The maximum Gasteiger partial charge on any atom is 0.409 e. The van der Waals surface area contributed by atoms with Crippen LogP contribution in [0.5, 0.6) is 0 Å². The predicted octanol–water partition coefficient (Wildman–Crippen LogP) is 2.33. The van der Waals surface area contributed by atoms with Gasteiger partial charge in [0.1, 0.15) is 6.61 Å². The van der Waals surface area contributed by atoms with E-state index in [0.29, 0.717) is 25.3 Å². The summed E-state index contributed by atoms with van der Waals surface area (Å²) in [6.45, 7) is 6.00. The van der Waals surface area contributed by atoms with Crippen molar-refractivity contribution in [1.82, 2.24) is 14.8 Å². The van der Waals surface area contributed by atoms with E-state index in [1.165, 1.54) is 5.56 Å². The molecule has 3 aliphatic heterocycles. The van der Waals surface area contributed by atoms with Crippen molar-refractivity contribution in [2.24, 2.45) is 0 Å². The molecule has 162 valence electrons. The summed E-state index contributed by atoms with van der Waals surface area (Å²) in [5.41, 5.74) is 5.55. The van der Waals surface area contributed by atoms with Gasteiger partial charge in [-0.15, -0.1) is 0 Å². The molecule has 0 radical (unpaired) electrons. The summed E-state index contributed by atoms with van der Waals surface area (Å²) in [6, 6.07) is 8.07. The van der Waals surface area contributed by atoms with Gasteiger partial charge < -0.3 is 24.7 Å². The van der Waals surface area contributed by atoms with Crippen molar-refractivity contribution in [3.63, 3.8) is 0 Å². The number of carbonyl (C=O) groups excluding carboxylic acids is 2. The molecule has 5 rings (SSSR count). The Balaban J connectivity index is 1.31. The molecule has 0 aliphatic carbocycles. The molecule has 31 heavy (non-hydrogen) atoms. The third-order valence-electron chi connectivity index (χ3n) is 5.96. The normalized spacial score (nSPS) is 20.3. The molecule has 2 aromatic rings. The first-order valence-electron chi connectivity index (χ1n) is 10.7. The van der Waals surface area contributed by atoms with Gasteiger partial charge in [-0.25, -0.2) is 4.79 Å². The fourth-order valence-corrected chi connectivity index (χ4v) is 4.23. The number of nitrogens with one attached hydrogen (secondary N) is 2. The van der Waals surface area contributed by atoms with Crippen molar-refractivity contribution in [2.75, 3.05) is 51.3 Å². The van der Waals surface area contributed by atoms with E-state index in [1.54, 1.807) is 4.90 Å². The molecule has 2 saturated heterocycles. The summed E-state index contributed by atoms with van der Waals surface area (Å²) in [5, 5.41) is 2.94. The van der Waals surface area contributed by atoms with E-state index in [0.717, 1.165) is 61.8 Å². The first kappa shape index (κ1) is 19.8. The number of fused-ring (bicyclic) bond motifs is 1. The fraction of sp³-hybridized carbons (Fsp3) is 0.391. The van der Waals surface area contributed by atoms with Crippen LogP contribution in [0.4, 0.5) is 10.5 Å². The molecule has 1 aromatic heterocycles. The second-order valence-electron chi connectivity index (χ2n) is 8.10. The zero-order valence-corrected chi connectivity index (χ0v) is 17.4. The molecule has 8 nitrogen and oxygen atoms in total. The molecule has 2 amide bonds. The number of amides is 2. The van der Waals surface area contributed by atoms with Crippen LogP contribution in [0.25, 0.3) is 11.6 Å². The number of benzene rings is 1. The Kier molecular flexibility index (Phi) is 5.48. The van der Waals surface area contributed by atoms with Gasteiger partial charge in [0.2, 0.25) is 0 Å². The summed E-state index contributed by atoms with van der Waals surface area (Å²) in [6.07, 6.45) is 4.38. The highest BCUT2D eigenvalue weighted by atomic mass is 16.6. The number of rotatable bonds is 6.